The molecule has 0 amide bonds. The van der Waals surface area contributed by atoms with E-state index in [1.165, 1.54) is 33.4 Å². The van der Waals surface area contributed by atoms with Gasteiger partial charge in [-0.3, -0.25) is 0 Å². The number of rotatable bonds is 2. The fraction of sp³-hybridized carbons (Fsp3) is 0.200. The minimum Gasteiger partial charge on any atom is -0.485 e. The molecule has 0 unspecified atom stereocenters. The molecule has 0 radical (unpaired) electrons. The summed E-state index contributed by atoms with van der Waals surface area (Å²) < 4.78 is 23.2. The SMILES string of the molecule is c1cc2c(cc1-c1scc3c1OCCO3)Cc1cc(-c3scc4c3OCCO4)ccc1-2. The van der Waals surface area contributed by atoms with E-state index in [0.29, 0.717) is 26.4 Å². The van der Waals surface area contributed by atoms with Gasteiger partial charge in [-0.1, -0.05) is 24.3 Å². The summed E-state index contributed by atoms with van der Waals surface area (Å²) in [5, 5.41) is 4.09. The van der Waals surface area contributed by atoms with Crippen LogP contribution in [-0.2, 0) is 6.42 Å². The molecule has 2 aromatic carbocycles. The highest BCUT2D eigenvalue weighted by molar-refractivity contribution is 7.14. The Hall–Kier alpha value is -2.96. The fourth-order valence-electron chi connectivity index (χ4n) is 4.62. The van der Waals surface area contributed by atoms with Gasteiger partial charge >= 0.3 is 0 Å². The Balaban J connectivity index is 1.25. The van der Waals surface area contributed by atoms with Crippen molar-refractivity contribution in [1.82, 2.24) is 0 Å². The second-order valence-corrected chi connectivity index (χ2v) is 9.59. The van der Waals surface area contributed by atoms with Crippen LogP contribution in [0.5, 0.6) is 23.0 Å². The van der Waals surface area contributed by atoms with Gasteiger partial charge in [0.2, 0.25) is 0 Å². The van der Waals surface area contributed by atoms with Gasteiger partial charge in [-0.25, -0.2) is 0 Å². The van der Waals surface area contributed by atoms with Gasteiger partial charge in [0.1, 0.15) is 26.4 Å². The highest BCUT2D eigenvalue weighted by Crippen LogP contribution is 2.49. The van der Waals surface area contributed by atoms with E-state index >= 15 is 0 Å². The second-order valence-electron chi connectivity index (χ2n) is 7.83. The summed E-state index contributed by atoms with van der Waals surface area (Å²) in [6, 6.07) is 13.5. The van der Waals surface area contributed by atoms with Gasteiger partial charge in [0.25, 0.3) is 0 Å². The van der Waals surface area contributed by atoms with Crippen LogP contribution in [0.1, 0.15) is 11.1 Å². The molecule has 3 aliphatic rings. The fourth-order valence-corrected chi connectivity index (χ4v) is 6.48. The Morgan fingerprint density at radius 3 is 1.58 bits per heavy atom. The number of benzene rings is 2. The molecule has 4 heterocycles. The summed E-state index contributed by atoms with van der Waals surface area (Å²) >= 11 is 3.37. The van der Waals surface area contributed by atoms with Crippen LogP contribution in [0.15, 0.2) is 47.2 Å². The van der Waals surface area contributed by atoms with Gasteiger partial charge < -0.3 is 18.9 Å². The average molecular weight is 447 g/mol. The van der Waals surface area contributed by atoms with E-state index in [1.807, 2.05) is 10.8 Å². The molecule has 0 saturated carbocycles. The summed E-state index contributed by atoms with van der Waals surface area (Å²) in [6.45, 7) is 2.46. The number of thiophene rings is 2. The molecule has 154 valence electrons. The first-order chi connectivity index (χ1) is 15.3. The van der Waals surface area contributed by atoms with Crippen LogP contribution in [0.2, 0.25) is 0 Å². The normalized spacial score (nSPS) is 15.5. The van der Waals surface area contributed by atoms with Gasteiger partial charge in [-0.2, -0.15) is 0 Å². The summed E-state index contributed by atoms with van der Waals surface area (Å²) in [4.78, 5) is 2.30. The summed E-state index contributed by atoms with van der Waals surface area (Å²) in [7, 11) is 0. The number of ether oxygens (including phenoxy) is 4. The molecule has 0 fully saturated rings. The quantitative estimate of drug-likeness (QED) is 0.321. The minimum absolute atomic E-state index is 0.608. The molecule has 2 aliphatic heterocycles. The van der Waals surface area contributed by atoms with Crippen LogP contribution in [0, 0.1) is 0 Å². The predicted molar refractivity (Wildman–Crippen MR) is 123 cm³/mol. The predicted octanol–water partition coefficient (Wildman–Crippen LogP) is 6.26. The van der Waals surface area contributed by atoms with E-state index < -0.39 is 0 Å². The van der Waals surface area contributed by atoms with Crippen LogP contribution < -0.4 is 18.9 Å². The first kappa shape index (κ1) is 17.7. The zero-order valence-corrected chi connectivity index (χ0v) is 18.2. The molecule has 4 nitrogen and oxygen atoms in total. The number of fused-ring (bicyclic) bond motifs is 5. The zero-order chi connectivity index (χ0) is 20.4. The molecule has 4 aromatic rings. The molecular weight excluding hydrogens is 428 g/mol. The maximum absolute atomic E-state index is 5.90. The summed E-state index contributed by atoms with van der Waals surface area (Å²) in [6.07, 6.45) is 0.933. The average Bonchev–Trinajstić information content (AvgIpc) is 3.52. The summed E-state index contributed by atoms with van der Waals surface area (Å²) in [5.74, 6) is 3.51. The van der Waals surface area contributed by atoms with E-state index in [9.17, 15) is 0 Å². The van der Waals surface area contributed by atoms with Gasteiger partial charge in [0, 0.05) is 10.8 Å². The summed E-state index contributed by atoms with van der Waals surface area (Å²) in [5.41, 5.74) is 7.75. The lowest BCUT2D eigenvalue weighted by Gasteiger charge is -2.16. The second kappa shape index (κ2) is 6.77. The van der Waals surface area contributed by atoms with Crippen LogP contribution in [0.3, 0.4) is 0 Å². The van der Waals surface area contributed by atoms with E-state index in [0.717, 1.165) is 39.2 Å². The first-order valence-corrected chi connectivity index (χ1v) is 12.1. The molecule has 2 aromatic heterocycles. The topological polar surface area (TPSA) is 36.9 Å². The van der Waals surface area contributed by atoms with Crippen molar-refractivity contribution in [3.8, 4) is 55.0 Å². The largest absolute Gasteiger partial charge is 0.485 e. The van der Waals surface area contributed by atoms with Crippen LogP contribution >= 0.6 is 22.7 Å². The van der Waals surface area contributed by atoms with E-state index in [2.05, 4.69) is 36.4 Å². The van der Waals surface area contributed by atoms with Crippen molar-refractivity contribution in [1.29, 1.82) is 0 Å². The number of hydrogen-bond donors (Lipinski definition) is 0. The smallest absolute Gasteiger partial charge is 0.179 e. The highest BCUT2D eigenvalue weighted by atomic mass is 32.1. The van der Waals surface area contributed by atoms with Crippen molar-refractivity contribution >= 4 is 22.7 Å². The monoisotopic (exact) mass is 446 g/mol. The minimum atomic E-state index is 0.608. The van der Waals surface area contributed by atoms with Crippen molar-refractivity contribution in [2.24, 2.45) is 0 Å². The first-order valence-electron chi connectivity index (χ1n) is 10.4. The van der Waals surface area contributed by atoms with Crippen molar-refractivity contribution in [3.63, 3.8) is 0 Å². The Bertz CT molecular complexity index is 1230. The van der Waals surface area contributed by atoms with Crippen molar-refractivity contribution in [3.05, 3.63) is 58.3 Å². The number of hydrogen-bond acceptors (Lipinski definition) is 6. The molecule has 6 heteroatoms. The maximum atomic E-state index is 5.90. The zero-order valence-electron chi connectivity index (χ0n) is 16.6. The molecule has 0 N–H and O–H groups in total. The molecule has 7 rings (SSSR count). The Morgan fingerprint density at radius 1 is 0.581 bits per heavy atom. The van der Waals surface area contributed by atoms with Gasteiger partial charge in [0.05, 0.1) is 9.75 Å². The standard InChI is InChI=1S/C25H18O4S2/c1-3-18-16(9-14(1)24-22-20(12-30-24)26-5-7-28-22)11-17-10-15(2-4-19(17)18)25-23-21(13-31-25)27-6-8-29-23/h1-4,9-10,12-13H,5-8,11H2. The van der Waals surface area contributed by atoms with Crippen molar-refractivity contribution < 1.29 is 18.9 Å². The van der Waals surface area contributed by atoms with Crippen LogP contribution in [0.4, 0.5) is 0 Å². The van der Waals surface area contributed by atoms with Crippen molar-refractivity contribution in [2.45, 2.75) is 6.42 Å². The Morgan fingerprint density at radius 2 is 1.06 bits per heavy atom. The molecule has 1 aliphatic carbocycles. The third-order valence-corrected chi connectivity index (χ3v) is 7.99. The lowest BCUT2D eigenvalue weighted by Crippen LogP contribution is -2.14. The molecule has 0 spiro atoms. The highest BCUT2D eigenvalue weighted by Gasteiger charge is 2.25. The third-order valence-electron chi connectivity index (χ3n) is 6.01. The van der Waals surface area contributed by atoms with Crippen molar-refractivity contribution in [2.75, 3.05) is 26.4 Å². The molecule has 0 saturated heterocycles. The van der Waals surface area contributed by atoms with Gasteiger partial charge in [-0.15, -0.1) is 22.7 Å². The molecule has 0 bridgehead atoms. The van der Waals surface area contributed by atoms with E-state index in [4.69, 9.17) is 18.9 Å². The van der Waals surface area contributed by atoms with E-state index in [1.54, 1.807) is 22.7 Å². The molecule has 0 atom stereocenters. The van der Waals surface area contributed by atoms with E-state index in [-0.39, 0.29) is 0 Å². The Labute approximate surface area is 187 Å². The molecule has 31 heavy (non-hydrogen) atoms. The lowest BCUT2D eigenvalue weighted by atomic mass is 10.0. The lowest BCUT2D eigenvalue weighted by molar-refractivity contribution is 0.174. The Kier molecular flexibility index (Phi) is 3.86. The van der Waals surface area contributed by atoms with Gasteiger partial charge in [0.15, 0.2) is 23.0 Å². The maximum Gasteiger partial charge on any atom is 0.179 e. The van der Waals surface area contributed by atoms with Gasteiger partial charge in [-0.05, 0) is 51.9 Å². The third kappa shape index (κ3) is 2.71. The molecular formula is C25H18O4S2. The van der Waals surface area contributed by atoms with Crippen LogP contribution in [0.25, 0.3) is 32.0 Å². The van der Waals surface area contributed by atoms with Crippen LogP contribution in [-0.4, -0.2) is 26.4 Å².